The van der Waals surface area contributed by atoms with Gasteiger partial charge in [-0.25, -0.2) is 13.9 Å². The lowest BCUT2D eigenvalue weighted by atomic mass is 9.88. The highest BCUT2D eigenvalue weighted by molar-refractivity contribution is 6.06. The number of halogens is 1. The number of Topliss-reactive ketones (excluding diaryl/α,β-unsaturated/α-hetero) is 1. The van der Waals surface area contributed by atoms with Crippen LogP contribution in [0.15, 0.2) is 49.1 Å². The molecule has 3 aromatic heterocycles. The number of carbonyl (C=O) groups excluding carboxylic acids is 1. The van der Waals surface area contributed by atoms with Crippen LogP contribution in [0.3, 0.4) is 0 Å². The number of rotatable bonds is 6. The van der Waals surface area contributed by atoms with Gasteiger partial charge in [0.2, 0.25) is 0 Å². The summed E-state index contributed by atoms with van der Waals surface area (Å²) in [6.07, 6.45) is 7.09. The largest absolute Gasteiger partial charge is 0.496 e. The van der Waals surface area contributed by atoms with Crippen LogP contribution in [-0.4, -0.2) is 37.7 Å². The maximum absolute atomic E-state index is 13.6. The number of nitrogens with zero attached hydrogens (tertiary/aromatic N) is 4. The van der Waals surface area contributed by atoms with Crippen molar-refractivity contribution in [2.75, 3.05) is 7.11 Å². The zero-order valence-electron chi connectivity index (χ0n) is 15.4. The highest BCUT2D eigenvalue weighted by atomic mass is 19.1. The molecule has 0 spiro atoms. The van der Waals surface area contributed by atoms with Gasteiger partial charge in [0.15, 0.2) is 11.4 Å². The molecule has 0 radical (unpaired) electrons. The second kappa shape index (κ2) is 7.22. The Hall–Kier alpha value is -3.55. The van der Waals surface area contributed by atoms with E-state index in [1.165, 1.54) is 25.4 Å². The molecule has 1 N–H and O–H groups in total. The number of aromatic nitrogens is 5. The van der Waals surface area contributed by atoms with E-state index in [0.717, 1.165) is 0 Å². The van der Waals surface area contributed by atoms with Crippen LogP contribution in [0.2, 0.25) is 0 Å². The lowest BCUT2D eigenvalue weighted by molar-refractivity contribution is 0.0959. The molecule has 7 nitrogen and oxygen atoms in total. The standard InChI is InChI=1S/C20H18FN5O2/c1-3-13(19(27)16-11-24-26-8-4-7-22-20(16)26)15-10-23-25-18(15)14-6-5-12(21)9-17(14)28-2/h4-11,13H,3H2,1-2H3,(H,23,25). The average Bonchev–Trinajstić information content (AvgIpc) is 3.35. The summed E-state index contributed by atoms with van der Waals surface area (Å²) in [4.78, 5) is 17.6. The Bertz CT molecular complexity index is 1150. The molecule has 1 unspecified atom stereocenters. The summed E-state index contributed by atoms with van der Waals surface area (Å²) in [6.45, 7) is 1.93. The van der Waals surface area contributed by atoms with Gasteiger partial charge in [-0.1, -0.05) is 6.92 Å². The molecule has 0 amide bonds. The van der Waals surface area contributed by atoms with Crippen LogP contribution in [0.5, 0.6) is 5.75 Å². The maximum atomic E-state index is 13.6. The first-order valence-electron chi connectivity index (χ1n) is 8.83. The molecule has 1 atom stereocenters. The van der Waals surface area contributed by atoms with E-state index in [-0.39, 0.29) is 5.78 Å². The Morgan fingerprint density at radius 1 is 1.36 bits per heavy atom. The van der Waals surface area contributed by atoms with Crippen LogP contribution in [-0.2, 0) is 0 Å². The van der Waals surface area contributed by atoms with Crippen molar-refractivity contribution in [2.24, 2.45) is 0 Å². The highest BCUT2D eigenvalue weighted by Crippen LogP contribution is 2.36. The second-order valence-corrected chi connectivity index (χ2v) is 6.32. The quantitative estimate of drug-likeness (QED) is 0.517. The number of hydrogen-bond acceptors (Lipinski definition) is 5. The van der Waals surface area contributed by atoms with Gasteiger partial charge in [0.1, 0.15) is 11.6 Å². The molecular formula is C20H18FN5O2. The lowest BCUT2D eigenvalue weighted by Gasteiger charge is -2.15. The summed E-state index contributed by atoms with van der Waals surface area (Å²) in [5.74, 6) is -0.592. The third-order valence-electron chi connectivity index (χ3n) is 4.75. The van der Waals surface area contributed by atoms with Gasteiger partial charge in [-0.3, -0.25) is 9.89 Å². The van der Waals surface area contributed by atoms with Gasteiger partial charge in [0.05, 0.1) is 36.7 Å². The minimum absolute atomic E-state index is 0.0973. The number of ether oxygens (including phenoxy) is 1. The molecule has 0 aliphatic rings. The number of aromatic amines is 1. The smallest absolute Gasteiger partial charge is 0.175 e. The van der Waals surface area contributed by atoms with Crippen molar-refractivity contribution in [1.29, 1.82) is 0 Å². The minimum Gasteiger partial charge on any atom is -0.496 e. The van der Waals surface area contributed by atoms with E-state index in [1.807, 2.05) is 6.92 Å². The Labute approximate surface area is 160 Å². The van der Waals surface area contributed by atoms with Crippen molar-refractivity contribution in [1.82, 2.24) is 24.8 Å². The van der Waals surface area contributed by atoms with Gasteiger partial charge in [0, 0.05) is 29.6 Å². The molecule has 8 heteroatoms. The van der Waals surface area contributed by atoms with Gasteiger partial charge >= 0.3 is 0 Å². The van der Waals surface area contributed by atoms with Crippen molar-refractivity contribution in [3.05, 3.63) is 66.0 Å². The predicted molar refractivity (Wildman–Crippen MR) is 101 cm³/mol. The molecule has 0 fully saturated rings. The molecule has 0 aliphatic heterocycles. The number of benzene rings is 1. The van der Waals surface area contributed by atoms with E-state index in [9.17, 15) is 9.18 Å². The Morgan fingerprint density at radius 2 is 2.21 bits per heavy atom. The Kier molecular flexibility index (Phi) is 4.60. The lowest BCUT2D eigenvalue weighted by Crippen LogP contribution is -2.13. The molecule has 28 heavy (non-hydrogen) atoms. The van der Waals surface area contributed by atoms with Gasteiger partial charge in [-0.15, -0.1) is 0 Å². The number of hydrogen-bond donors (Lipinski definition) is 1. The first kappa shape index (κ1) is 17.8. The molecule has 4 aromatic rings. The van der Waals surface area contributed by atoms with Gasteiger partial charge in [0.25, 0.3) is 0 Å². The van der Waals surface area contributed by atoms with Crippen LogP contribution >= 0.6 is 0 Å². The maximum Gasteiger partial charge on any atom is 0.175 e. The second-order valence-electron chi connectivity index (χ2n) is 6.32. The first-order chi connectivity index (χ1) is 13.6. The van der Waals surface area contributed by atoms with E-state index >= 15 is 0 Å². The van der Waals surface area contributed by atoms with Crippen molar-refractivity contribution in [3.63, 3.8) is 0 Å². The monoisotopic (exact) mass is 379 g/mol. The van der Waals surface area contributed by atoms with Crippen LogP contribution in [0.4, 0.5) is 4.39 Å². The Balaban J connectivity index is 1.79. The molecular weight excluding hydrogens is 361 g/mol. The molecule has 0 bridgehead atoms. The number of nitrogens with one attached hydrogen (secondary N) is 1. The summed E-state index contributed by atoms with van der Waals surface area (Å²) in [5.41, 5.74) is 2.94. The number of carbonyl (C=O) groups is 1. The van der Waals surface area contributed by atoms with E-state index in [0.29, 0.717) is 40.2 Å². The molecule has 3 heterocycles. The van der Waals surface area contributed by atoms with E-state index in [4.69, 9.17) is 4.74 Å². The van der Waals surface area contributed by atoms with Crippen LogP contribution in [0, 0.1) is 5.82 Å². The summed E-state index contributed by atoms with van der Waals surface area (Å²) < 4.78 is 20.5. The van der Waals surface area contributed by atoms with Gasteiger partial charge in [-0.05, 0) is 24.6 Å². The molecule has 142 valence electrons. The molecule has 1 aromatic carbocycles. The van der Waals surface area contributed by atoms with Gasteiger partial charge < -0.3 is 4.74 Å². The minimum atomic E-state index is -0.460. The summed E-state index contributed by atoms with van der Waals surface area (Å²) in [7, 11) is 1.47. The summed E-state index contributed by atoms with van der Waals surface area (Å²) in [5, 5.41) is 11.3. The molecule has 0 aliphatic carbocycles. The van der Waals surface area contributed by atoms with Crippen molar-refractivity contribution in [3.8, 4) is 17.0 Å². The van der Waals surface area contributed by atoms with Crippen molar-refractivity contribution < 1.29 is 13.9 Å². The van der Waals surface area contributed by atoms with Gasteiger partial charge in [-0.2, -0.15) is 10.2 Å². The zero-order chi connectivity index (χ0) is 19.7. The molecule has 4 rings (SSSR count). The fourth-order valence-electron chi connectivity index (χ4n) is 3.38. The number of ketones is 1. The van der Waals surface area contributed by atoms with E-state index in [1.54, 1.807) is 35.2 Å². The number of H-pyrrole nitrogens is 1. The summed E-state index contributed by atoms with van der Waals surface area (Å²) >= 11 is 0. The number of methoxy groups -OCH3 is 1. The average molecular weight is 379 g/mol. The summed E-state index contributed by atoms with van der Waals surface area (Å²) in [6, 6.07) is 6.01. The topological polar surface area (TPSA) is 85.2 Å². The SMILES string of the molecule is CCC(C(=O)c1cnn2cccnc12)c1cn[nH]c1-c1ccc(F)cc1OC. The molecule has 0 saturated carbocycles. The van der Waals surface area contributed by atoms with E-state index in [2.05, 4.69) is 20.3 Å². The van der Waals surface area contributed by atoms with Crippen LogP contribution < -0.4 is 4.74 Å². The van der Waals surface area contributed by atoms with Crippen molar-refractivity contribution in [2.45, 2.75) is 19.3 Å². The highest BCUT2D eigenvalue weighted by Gasteiger charge is 2.28. The first-order valence-corrected chi connectivity index (χ1v) is 8.83. The van der Waals surface area contributed by atoms with Crippen molar-refractivity contribution >= 4 is 11.4 Å². The zero-order valence-corrected chi connectivity index (χ0v) is 15.4. The van der Waals surface area contributed by atoms with Crippen LogP contribution in [0.1, 0.15) is 35.2 Å². The third kappa shape index (κ3) is 2.92. The Morgan fingerprint density at radius 3 is 3.00 bits per heavy atom. The normalized spacial score (nSPS) is 12.2. The molecule has 0 saturated heterocycles. The fraction of sp³-hybridized carbons (Fsp3) is 0.200. The van der Waals surface area contributed by atoms with E-state index < -0.39 is 11.7 Å². The number of fused-ring (bicyclic) bond motifs is 1. The predicted octanol–water partition coefficient (Wildman–Crippen LogP) is 3.64. The van der Waals surface area contributed by atoms with Crippen LogP contribution in [0.25, 0.3) is 16.9 Å². The third-order valence-corrected chi connectivity index (χ3v) is 4.75. The fourth-order valence-corrected chi connectivity index (χ4v) is 3.38.